The van der Waals surface area contributed by atoms with Crippen LogP contribution >= 0.6 is 0 Å². The molecule has 0 spiro atoms. The number of rotatable bonds is 17. The molecule has 3 amide bonds. The topological polar surface area (TPSA) is 231 Å². The van der Waals surface area contributed by atoms with E-state index in [0.29, 0.717) is 58.2 Å². The highest BCUT2D eigenvalue weighted by Gasteiger charge is 2.37. The average molecular weight is 501 g/mol. The number of carbonyl (C=O) groups is 5. The Morgan fingerprint density at radius 2 is 1.49 bits per heavy atom. The van der Waals surface area contributed by atoms with Gasteiger partial charge in [0.15, 0.2) is 0 Å². The van der Waals surface area contributed by atoms with E-state index in [1.807, 2.05) is 0 Å². The molecule has 0 aromatic heterocycles. The number of likely N-dealkylation sites (tertiary alicyclic amines) is 1. The molecule has 200 valence electrons. The second kappa shape index (κ2) is 16.0. The largest absolute Gasteiger partial charge is 0.481 e. The highest BCUT2D eigenvalue weighted by atomic mass is 16.4. The van der Waals surface area contributed by atoms with E-state index in [2.05, 4.69) is 10.6 Å². The van der Waals surface area contributed by atoms with E-state index in [4.69, 9.17) is 22.3 Å². The number of carbonyl (C=O) groups excluding carboxylic acids is 3. The van der Waals surface area contributed by atoms with Gasteiger partial charge in [-0.2, -0.15) is 0 Å². The Kier molecular flexibility index (Phi) is 13.8. The number of hydrogen-bond acceptors (Lipinski definition) is 8. The highest BCUT2D eigenvalue weighted by molar-refractivity contribution is 5.94. The summed E-state index contributed by atoms with van der Waals surface area (Å²) in [5.41, 5.74) is 16.8. The molecule has 1 rings (SSSR count). The molecule has 0 radical (unpaired) electrons. The van der Waals surface area contributed by atoms with Gasteiger partial charge in [0.1, 0.15) is 18.1 Å². The van der Waals surface area contributed by atoms with Crippen molar-refractivity contribution in [1.82, 2.24) is 15.5 Å². The SMILES string of the molecule is NCCCCC(NC(=O)C(CCCCN)NC(=O)C1CCCN1C(=O)C(N)CCC(=O)O)C(=O)O. The van der Waals surface area contributed by atoms with Crippen LogP contribution in [0.1, 0.15) is 64.2 Å². The van der Waals surface area contributed by atoms with Crippen molar-refractivity contribution < 1.29 is 34.2 Å². The molecule has 13 heteroatoms. The van der Waals surface area contributed by atoms with E-state index in [9.17, 15) is 29.1 Å². The maximum Gasteiger partial charge on any atom is 0.326 e. The van der Waals surface area contributed by atoms with Crippen LogP contribution in [-0.4, -0.2) is 88.6 Å². The molecule has 0 saturated carbocycles. The van der Waals surface area contributed by atoms with Gasteiger partial charge in [0.05, 0.1) is 6.04 Å². The molecule has 1 aliphatic rings. The Labute approximate surface area is 205 Å². The number of nitrogens with zero attached hydrogens (tertiary/aromatic N) is 1. The zero-order valence-electron chi connectivity index (χ0n) is 20.1. The van der Waals surface area contributed by atoms with E-state index in [-0.39, 0.29) is 25.7 Å². The second-order valence-electron chi connectivity index (χ2n) is 8.76. The lowest BCUT2D eigenvalue weighted by atomic mass is 10.0. The fourth-order valence-corrected chi connectivity index (χ4v) is 3.97. The first-order valence-electron chi connectivity index (χ1n) is 12.1. The molecule has 1 saturated heterocycles. The van der Waals surface area contributed by atoms with Crippen LogP contribution < -0.4 is 27.8 Å². The third kappa shape index (κ3) is 10.6. The standard InChI is InChI=1S/C22H40N6O7/c23-11-3-1-6-15(19(31)27-16(22(34)35)7-2-4-12-24)26-20(32)17-8-5-13-28(17)21(33)14(25)9-10-18(29)30/h14-17H,1-13,23-25H2,(H,26,32)(H,27,31)(H,29,30)(H,34,35). The van der Waals surface area contributed by atoms with Crippen molar-refractivity contribution in [2.24, 2.45) is 17.2 Å². The van der Waals surface area contributed by atoms with Crippen molar-refractivity contribution in [2.45, 2.75) is 88.4 Å². The zero-order valence-corrected chi connectivity index (χ0v) is 20.1. The number of amides is 3. The molecule has 0 bridgehead atoms. The van der Waals surface area contributed by atoms with Gasteiger partial charge in [-0.1, -0.05) is 0 Å². The van der Waals surface area contributed by atoms with Crippen molar-refractivity contribution in [2.75, 3.05) is 19.6 Å². The van der Waals surface area contributed by atoms with Gasteiger partial charge in [0.2, 0.25) is 17.7 Å². The van der Waals surface area contributed by atoms with E-state index in [1.54, 1.807) is 0 Å². The van der Waals surface area contributed by atoms with Crippen molar-refractivity contribution in [1.29, 1.82) is 0 Å². The summed E-state index contributed by atoms with van der Waals surface area (Å²) in [4.78, 5) is 62.3. The number of nitrogens with one attached hydrogen (secondary N) is 2. The minimum atomic E-state index is -1.18. The monoisotopic (exact) mass is 500 g/mol. The summed E-state index contributed by atoms with van der Waals surface area (Å²) in [6.45, 7) is 1.11. The molecule has 1 fully saturated rings. The molecule has 10 N–H and O–H groups in total. The predicted octanol–water partition coefficient (Wildman–Crippen LogP) is -1.52. The summed E-state index contributed by atoms with van der Waals surface area (Å²) < 4.78 is 0. The summed E-state index contributed by atoms with van der Waals surface area (Å²) >= 11 is 0. The Bertz CT molecular complexity index is 735. The summed E-state index contributed by atoms with van der Waals surface area (Å²) in [5.74, 6) is -3.92. The third-order valence-electron chi connectivity index (χ3n) is 5.97. The Hall–Kier alpha value is -2.77. The number of hydrogen-bond donors (Lipinski definition) is 7. The lowest BCUT2D eigenvalue weighted by Crippen LogP contribution is -2.56. The average Bonchev–Trinajstić information content (AvgIpc) is 3.30. The van der Waals surface area contributed by atoms with Gasteiger partial charge in [0.25, 0.3) is 0 Å². The Morgan fingerprint density at radius 1 is 0.886 bits per heavy atom. The van der Waals surface area contributed by atoms with E-state index in [0.717, 1.165) is 0 Å². The van der Waals surface area contributed by atoms with Gasteiger partial charge in [0, 0.05) is 13.0 Å². The fraction of sp³-hybridized carbons (Fsp3) is 0.773. The van der Waals surface area contributed by atoms with Gasteiger partial charge < -0.3 is 42.9 Å². The van der Waals surface area contributed by atoms with Crippen LogP contribution in [-0.2, 0) is 24.0 Å². The van der Waals surface area contributed by atoms with Crippen LogP contribution in [0.15, 0.2) is 0 Å². The van der Waals surface area contributed by atoms with Crippen LogP contribution in [0.5, 0.6) is 0 Å². The maximum atomic E-state index is 13.1. The molecule has 13 nitrogen and oxygen atoms in total. The zero-order chi connectivity index (χ0) is 26.4. The predicted molar refractivity (Wildman–Crippen MR) is 127 cm³/mol. The molecule has 4 unspecified atom stereocenters. The van der Waals surface area contributed by atoms with Gasteiger partial charge in [-0.3, -0.25) is 19.2 Å². The third-order valence-corrected chi connectivity index (χ3v) is 5.97. The quantitative estimate of drug-likeness (QED) is 0.114. The molecule has 0 aromatic rings. The summed E-state index contributed by atoms with van der Waals surface area (Å²) in [6, 6.07) is -4.00. The normalized spacial score (nSPS) is 17.9. The number of carboxylic acids is 2. The molecule has 1 aliphatic heterocycles. The number of nitrogens with two attached hydrogens (primary N) is 3. The van der Waals surface area contributed by atoms with Crippen molar-refractivity contribution in [3.05, 3.63) is 0 Å². The second-order valence-corrected chi connectivity index (χ2v) is 8.76. The van der Waals surface area contributed by atoms with Crippen molar-refractivity contribution in [3.63, 3.8) is 0 Å². The first-order valence-corrected chi connectivity index (χ1v) is 12.1. The molecular weight excluding hydrogens is 460 g/mol. The van der Waals surface area contributed by atoms with E-state index < -0.39 is 53.8 Å². The van der Waals surface area contributed by atoms with Crippen LogP contribution in [0.4, 0.5) is 0 Å². The van der Waals surface area contributed by atoms with E-state index >= 15 is 0 Å². The summed E-state index contributed by atoms with van der Waals surface area (Å²) in [5, 5.41) is 23.4. The fourth-order valence-electron chi connectivity index (χ4n) is 3.97. The molecule has 4 atom stereocenters. The minimum absolute atomic E-state index is 0.0517. The Balaban J connectivity index is 2.87. The molecule has 1 heterocycles. The summed E-state index contributed by atoms with van der Waals surface area (Å²) in [7, 11) is 0. The highest BCUT2D eigenvalue weighted by Crippen LogP contribution is 2.20. The van der Waals surface area contributed by atoms with Gasteiger partial charge in [-0.05, 0) is 70.9 Å². The number of aliphatic carboxylic acids is 2. The smallest absolute Gasteiger partial charge is 0.326 e. The molecule has 35 heavy (non-hydrogen) atoms. The minimum Gasteiger partial charge on any atom is -0.481 e. The van der Waals surface area contributed by atoms with Gasteiger partial charge >= 0.3 is 11.9 Å². The van der Waals surface area contributed by atoms with Crippen LogP contribution in [0.2, 0.25) is 0 Å². The van der Waals surface area contributed by atoms with E-state index in [1.165, 1.54) is 4.90 Å². The molecular formula is C22H40N6O7. The summed E-state index contributed by atoms with van der Waals surface area (Å²) in [6.07, 6.45) is 3.37. The van der Waals surface area contributed by atoms with Crippen molar-refractivity contribution in [3.8, 4) is 0 Å². The molecule has 0 aliphatic carbocycles. The lowest BCUT2D eigenvalue weighted by molar-refractivity contribution is -0.143. The van der Waals surface area contributed by atoms with Crippen LogP contribution in [0.3, 0.4) is 0 Å². The van der Waals surface area contributed by atoms with Crippen LogP contribution in [0.25, 0.3) is 0 Å². The van der Waals surface area contributed by atoms with Crippen molar-refractivity contribution >= 4 is 29.7 Å². The van der Waals surface area contributed by atoms with Gasteiger partial charge in [-0.15, -0.1) is 0 Å². The number of carboxylic acid groups (broad SMARTS) is 2. The first kappa shape index (κ1) is 30.3. The molecule has 0 aromatic carbocycles. The Morgan fingerprint density at radius 3 is 2.03 bits per heavy atom. The first-order chi connectivity index (χ1) is 16.6. The number of unbranched alkanes of at least 4 members (excludes halogenated alkanes) is 2. The lowest BCUT2D eigenvalue weighted by Gasteiger charge is -2.28. The van der Waals surface area contributed by atoms with Gasteiger partial charge in [-0.25, -0.2) is 4.79 Å². The van der Waals surface area contributed by atoms with Crippen LogP contribution in [0, 0.1) is 0 Å². The maximum absolute atomic E-state index is 13.1.